The van der Waals surface area contributed by atoms with E-state index in [0.29, 0.717) is 18.2 Å². The minimum atomic E-state index is 0.0735. The van der Waals surface area contributed by atoms with Gasteiger partial charge >= 0.3 is 0 Å². The quantitative estimate of drug-likeness (QED) is 0.825. The number of amides is 1. The first-order valence-electron chi connectivity index (χ1n) is 8.74. The first-order valence-corrected chi connectivity index (χ1v) is 8.74. The molecule has 1 aliphatic rings. The summed E-state index contributed by atoms with van der Waals surface area (Å²) in [6.45, 7) is 2.09. The van der Waals surface area contributed by atoms with Gasteiger partial charge in [0.05, 0.1) is 11.4 Å². The van der Waals surface area contributed by atoms with Crippen LogP contribution in [0.3, 0.4) is 0 Å². The van der Waals surface area contributed by atoms with Crippen LogP contribution < -0.4 is 10.1 Å². The molecule has 0 radical (unpaired) electrons. The van der Waals surface area contributed by atoms with Crippen molar-refractivity contribution in [3.8, 4) is 11.6 Å². The summed E-state index contributed by atoms with van der Waals surface area (Å²) in [5, 5.41) is 7.32. The van der Waals surface area contributed by atoms with E-state index in [1.807, 2.05) is 43.3 Å². The van der Waals surface area contributed by atoms with Gasteiger partial charge in [-0.1, -0.05) is 37.5 Å². The molecule has 0 aliphatic heterocycles. The average molecular weight is 327 g/mol. The van der Waals surface area contributed by atoms with Crippen LogP contribution in [0.2, 0.25) is 0 Å². The lowest BCUT2D eigenvalue weighted by atomic mass is 9.87. The highest BCUT2D eigenvalue weighted by atomic mass is 16.5. The maximum Gasteiger partial charge on any atom is 0.222 e. The SMILES string of the molecule is Cc1cc(OCNC(=O)CC2CCCCC2)n(-c2ccccc2)n1. The normalized spacial score (nSPS) is 15.2. The lowest BCUT2D eigenvalue weighted by molar-refractivity contribution is -0.123. The third-order valence-electron chi connectivity index (χ3n) is 4.49. The Morgan fingerprint density at radius 1 is 1.25 bits per heavy atom. The van der Waals surface area contributed by atoms with Gasteiger partial charge < -0.3 is 10.1 Å². The minimum absolute atomic E-state index is 0.0735. The number of carbonyl (C=O) groups is 1. The Morgan fingerprint density at radius 2 is 2.00 bits per heavy atom. The summed E-state index contributed by atoms with van der Waals surface area (Å²) in [6, 6.07) is 11.7. The van der Waals surface area contributed by atoms with Crippen molar-refractivity contribution in [3.05, 3.63) is 42.1 Å². The van der Waals surface area contributed by atoms with E-state index in [4.69, 9.17) is 4.74 Å². The summed E-state index contributed by atoms with van der Waals surface area (Å²) in [5.41, 5.74) is 1.82. The van der Waals surface area contributed by atoms with Crippen LogP contribution in [-0.4, -0.2) is 22.4 Å². The van der Waals surface area contributed by atoms with Gasteiger partial charge in [-0.15, -0.1) is 0 Å². The van der Waals surface area contributed by atoms with Gasteiger partial charge in [0.1, 0.15) is 0 Å². The number of benzene rings is 1. The molecule has 1 N–H and O–H groups in total. The Labute approximate surface area is 143 Å². The summed E-state index contributed by atoms with van der Waals surface area (Å²) in [4.78, 5) is 12.0. The molecule has 1 aliphatic carbocycles. The molecule has 0 saturated heterocycles. The number of ether oxygens (including phenoxy) is 1. The van der Waals surface area contributed by atoms with Crippen LogP contribution in [0.5, 0.6) is 5.88 Å². The van der Waals surface area contributed by atoms with E-state index in [9.17, 15) is 4.79 Å². The lowest BCUT2D eigenvalue weighted by Gasteiger charge is -2.20. The highest BCUT2D eigenvalue weighted by Gasteiger charge is 2.17. The van der Waals surface area contributed by atoms with Crippen LogP contribution in [-0.2, 0) is 4.79 Å². The average Bonchev–Trinajstić information content (AvgIpc) is 2.97. The van der Waals surface area contributed by atoms with Gasteiger partial charge in [0, 0.05) is 12.5 Å². The fraction of sp³-hybridized carbons (Fsp3) is 0.474. The monoisotopic (exact) mass is 327 g/mol. The Bertz CT molecular complexity index is 661. The van der Waals surface area contributed by atoms with Crippen molar-refractivity contribution in [2.45, 2.75) is 45.4 Å². The van der Waals surface area contributed by atoms with Crippen molar-refractivity contribution in [1.82, 2.24) is 15.1 Å². The molecule has 3 rings (SSSR count). The number of hydrogen-bond acceptors (Lipinski definition) is 3. The second kappa shape index (κ2) is 7.99. The second-order valence-electron chi connectivity index (χ2n) is 6.47. The molecule has 128 valence electrons. The molecular weight excluding hydrogens is 302 g/mol. The van der Waals surface area contributed by atoms with Crippen LogP contribution >= 0.6 is 0 Å². The molecule has 2 aromatic rings. The summed E-state index contributed by atoms with van der Waals surface area (Å²) in [6.07, 6.45) is 6.78. The molecule has 1 aromatic carbocycles. The fourth-order valence-electron chi connectivity index (χ4n) is 3.25. The number of nitrogens with zero attached hydrogens (tertiary/aromatic N) is 2. The van der Waals surface area contributed by atoms with Crippen molar-refractivity contribution in [3.63, 3.8) is 0 Å². The maximum absolute atomic E-state index is 12.0. The molecule has 0 unspecified atom stereocenters. The molecule has 1 heterocycles. The smallest absolute Gasteiger partial charge is 0.222 e. The molecule has 1 fully saturated rings. The third-order valence-corrected chi connectivity index (χ3v) is 4.49. The largest absolute Gasteiger partial charge is 0.456 e. The van der Waals surface area contributed by atoms with E-state index in [2.05, 4.69) is 10.4 Å². The Kier molecular flexibility index (Phi) is 5.51. The number of nitrogens with one attached hydrogen (secondary N) is 1. The van der Waals surface area contributed by atoms with Crippen LogP contribution in [0, 0.1) is 12.8 Å². The number of aromatic nitrogens is 2. The summed E-state index contributed by atoms with van der Waals surface area (Å²) < 4.78 is 7.49. The zero-order valence-corrected chi connectivity index (χ0v) is 14.2. The van der Waals surface area contributed by atoms with Gasteiger partial charge in [0.25, 0.3) is 0 Å². The van der Waals surface area contributed by atoms with Crippen LogP contribution in [0.1, 0.15) is 44.2 Å². The molecule has 1 aromatic heterocycles. The zero-order chi connectivity index (χ0) is 16.8. The molecule has 24 heavy (non-hydrogen) atoms. The van der Waals surface area contributed by atoms with E-state index >= 15 is 0 Å². The van der Waals surface area contributed by atoms with Crippen molar-refractivity contribution in [1.29, 1.82) is 0 Å². The van der Waals surface area contributed by atoms with Crippen LogP contribution in [0.15, 0.2) is 36.4 Å². The fourth-order valence-corrected chi connectivity index (χ4v) is 3.25. The van der Waals surface area contributed by atoms with Gasteiger partial charge in [-0.3, -0.25) is 4.79 Å². The van der Waals surface area contributed by atoms with Crippen molar-refractivity contribution in [2.75, 3.05) is 6.73 Å². The highest BCUT2D eigenvalue weighted by Crippen LogP contribution is 2.26. The second-order valence-corrected chi connectivity index (χ2v) is 6.47. The van der Waals surface area contributed by atoms with Crippen molar-refractivity contribution >= 4 is 5.91 Å². The van der Waals surface area contributed by atoms with Crippen LogP contribution in [0.25, 0.3) is 5.69 Å². The van der Waals surface area contributed by atoms with Gasteiger partial charge in [-0.05, 0) is 37.8 Å². The molecule has 0 atom stereocenters. The maximum atomic E-state index is 12.0. The predicted molar refractivity (Wildman–Crippen MR) is 93.1 cm³/mol. The molecule has 5 nitrogen and oxygen atoms in total. The lowest BCUT2D eigenvalue weighted by Crippen LogP contribution is -2.30. The summed E-state index contributed by atoms with van der Waals surface area (Å²) >= 11 is 0. The number of aryl methyl sites for hydroxylation is 1. The van der Waals surface area contributed by atoms with Crippen molar-refractivity contribution < 1.29 is 9.53 Å². The Morgan fingerprint density at radius 3 is 2.75 bits per heavy atom. The predicted octanol–water partition coefficient (Wildman–Crippen LogP) is 3.60. The van der Waals surface area contributed by atoms with E-state index in [0.717, 1.165) is 11.4 Å². The zero-order valence-electron chi connectivity index (χ0n) is 14.2. The molecular formula is C19H25N3O2. The summed E-state index contributed by atoms with van der Waals surface area (Å²) in [5.74, 6) is 1.25. The number of para-hydroxylation sites is 1. The van der Waals surface area contributed by atoms with Gasteiger partial charge in [-0.25, -0.2) is 4.68 Å². The molecule has 5 heteroatoms. The van der Waals surface area contributed by atoms with Crippen LogP contribution in [0.4, 0.5) is 0 Å². The van der Waals surface area contributed by atoms with E-state index < -0.39 is 0 Å². The van der Waals surface area contributed by atoms with Gasteiger partial charge in [0.15, 0.2) is 6.73 Å². The Balaban J connectivity index is 1.52. The van der Waals surface area contributed by atoms with E-state index in [1.54, 1.807) is 4.68 Å². The third kappa shape index (κ3) is 4.37. The molecule has 0 bridgehead atoms. The standard InChI is InChI=1S/C19H25N3O2/c1-15-12-19(22(21-15)17-10-6-3-7-11-17)24-14-20-18(23)13-16-8-4-2-5-9-16/h3,6-7,10-12,16H,2,4-5,8-9,13-14H2,1H3,(H,20,23). The molecule has 1 saturated carbocycles. The first-order chi connectivity index (χ1) is 11.7. The first kappa shape index (κ1) is 16.6. The van der Waals surface area contributed by atoms with E-state index in [1.165, 1.54) is 32.1 Å². The van der Waals surface area contributed by atoms with Crippen molar-refractivity contribution in [2.24, 2.45) is 5.92 Å². The topological polar surface area (TPSA) is 56.1 Å². The minimum Gasteiger partial charge on any atom is -0.456 e. The van der Waals surface area contributed by atoms with Gasteiger partial charge in [-0.2, -0.15) is 5.10 Å². The number of rotatable bonds is 6. The number of carbonyl (C=O) groups excluding carboxylic acids is 1. The molecule has 0 spiro atoms. The summed E-state index contributed by atoms with van der Waals surface area (Å²) in [7, 11) is 0. The Hall–Kier alpha value is -2.30. The number of hydrogen-bond donors (Lipinski definition) is 1. The highest BCUT2D eigenvalue weighted by molar-refractivity contribution is 5.76. The molecule has 1 amide bonds. The van der Waals surface area contributed by atoms with E-state index in [-0.39, 0.29) is 12.6 Å². The van der Waals surface area contributed by atoms with Gasteiger partial charge in [0.2, 0.25) is 11.8 Å².